The third-order valence-electron chi connectivity index (χ3n) is 10.3. The minimum atomic E-state index is -4.86. The normalized spacial score (nSPS) is 21.0. The van der Waals surface area contributed by atoms with Crippen molar-refractivity contribution in [3.63, 3.8) is 0 Å². The number of nitrogens with two attached hydrogens (primary N) is 1. The molecule has 57 heavy (non-hydrogen) atoms. The van der Waals surface area contributed by atoms with Crippen LogP contribution in [0, 0.1) is 11.3 Å². The van der Waals surface area contributed by atoms with Crippen LogP contribution >= 0.6 is 7.82 Å². The molecule has 1 aliphatic heterocycles. The summed E-state index contributed by atoms with van der Waals surface area (Å²) < 4.78 is 42.3. The third-order valence-corrected chi connectivity index (χ3v) is 11.2. The fraction of sp³-hybridized carbons (Fsp3) is 0.634. The standard InChI is InChI=1S/C41H61N4O11P/c1-2-3-4-5-6-7-8-9-10-11-12-13-14-15-16-19-26-52-27-31(55-35-21-18-17-20-32(35)40(48)49)28-53-57(50,51)54-29-36-38(46)39(47)41(30-42,56-36)37-23-22-34-33(43)24-25-44-45(34)37/h17-18,20-25,31,36,38-39,46-47H,2-16,19,26-29,43H2,1H3,(H,48,49)(H,50,51)/t31-,36-,38-,39-,41+/m1/s1. The van der Waals surface area contributed by atoms with Crippen molar-refractivity contribution in [1.29, 1.82) is 5.26 Å². The van der Waals surface area contributed by atoms with Crippen LogP contribution in [0.25, 0.3) is 5.52 Å². The average molecular weight is 817 g/mol. The Hall–Kier alpha value is -3.58. The van der Waals surface area contributed by atoms with Crippen LogP contribution in [0.3, 0.4) is 0 Å². The molecule has 15 nitrogen and oxygen atoms in total. The summed E-state index contributed by atoms with van der Waals surface area (Å²) in [6.07, 6.45) is 15.5. The lowest BCUT2D eigenvalue weighted by Crippen LogP contribution is -2.41. The molecule has 1 saturated heterocycles. The lowest BCUT2D eigenvalue weighted by atomic mass is 9.92. The van der Waals surface area contributed by atoms with Crippen LogP contribution in [-0.4, -0.2) is 86.6 Å². The van der Waals surface area contributed by atoms with Crippen molar-refractivity contribution in [1.82, 2.24) is 9.61 Å². The maximum atomic E-state index is 13.0. The highest BCUT2D eigenvalue weighted by atomic mass is 31.2. The first-order chi connectivity index (χ1) is 27.5. The number of aromatic carboxylic acids is 1. The van der Waals surface area contributed by atoms with Gasteiger partial charge in [0.15, 0.2) is 0 Å². The molecule has 0 bridgehead atoms. The molecule has 0 radical (unpaired) electrons. The van der Waals surface area contributed by atoms with Crippen molar-refractivity contribution in [3.8, 4) is 11.8 Å². The molecule has 16 heteroatoms. The smallest absolute Gasteiger partial charge is 0.472 e. The number of hydrogen-bond acceptors (Lipinski definition) is 12. The van der Waals surface area contributed by atoms with Gasteiger partial charge in [-0.25, -0.2) is 13.9 Å². The number of hydrogen-bond donors (Lipinski definition) is 5. The van der Waals surface area contributed by atoms with E-state index in [9.17, 15) is 34.8 Å². The number of nitriles is 1. The molecule has 0 spiro atoms. The molecule has 3 heterocycles. The van der Waals surface area contributed by atoms with Gasteiger partial charge < -0.3 is 40.2 Å². The van der Waals surface area contributed by atoms with Crippen LogP contribution in [0.5, 0.6) is 5.75 Å². The van der Waals surface area contributed by atoms with E-state index in [0.717, 1.165) is 19.3 Å². The number of fused-ring (bicyclic) bond motifs is 1. The Labute approximate surface area is 335 Å². The molecule has 1 fully saturated rings. The van der Waals surface area contributed by atoms with E-state index in [0.29, 0.717) is 17.8 Å². The molecule has 0 saturated carbocycles. The molecular weight excluding hydrogens is 755 g/mol. The van der Waals surface area contributed by atoms with Crippen molar-refractivity contribution in [3.05, 3.63) is 59.9 Å². The topological polar surface area (TPSA) is 228 Å². The number of ether oxygens (including phenoxy) is 3. The van der Waals surface area contributed by atoms with E-state index in [1.807, 2.05) is 6.07 Å². The molecule has 0 aliphatic carbocycles. The Morgan fingerprint density at radius 2 is 1.54 bits per heavy atom. The summed E-state index contributed by atoms with van der Waals surface area (Å²) in [5.74, 6) is -1.19. The van der Waals surface area contributed by atoms with Gasteiger partial charge in [0.2, 0.25) is 5.60 Å². The Kier molecular flexibility index (Phi) is 19.2. The van der Waals surface area contributed by atoms with E-state index in [1.54, 1.807) is 24.3 Å². The molecule has 4 rings (SSSR count). The predicted octanol–water partition coefficient (Wildman–Crippen LogP) is 7.31. The Morgan fingerprint density at radius 1 is 0.930 bits per heavy atom. The largest absolute Gasteiger partial charge is 0.485 e. The zero-order valence-corrected chi connectivity index (χ0v) is 34.0. The zero-order chi connectivity index (χ0) is 41.1. The number of nitrogens with zero attached hydrogens (tertiary/aromatic N) is 3. The van der Waals surface area contributed by atoms with Gasteiger partial charge in [0.05, 0.1) is 36.7 Å². The van der Waals surface area contributed by atoms with Gasteiger partial charge in [0.25, 0.3) is 0 Å². The lowest BCUT2D eigenvalue weighted by Gasteiger charge is -2.24. The molecule has 6 atom stereocenters. The van der Waals surface area contributed by atoms with Crippen LogP contribution in [0.4, 0.5) is 5.69 Å². The summed E-state index contributed by atoms with van der Waals surface area (Å²) in [7, 11) is -4.86. The molecule has 3 aromatic rings. The summed E-state index contributed by atoms with van der Waals surface area (Å²) in [6.45, 7) is 1.32. The molecule has 0 amide bonds. The van der Waals surface area contributed by atoms with Crippen molar-refractivity contribution in [2.45, 2.75) is 140 Å². The van der Waals surface area contributed by atoms with Gasteiger partial charge in [0.1, 0.15) is 41.8 Å². The number of rotatable bonds is 29. The first-order valence-corrected chi connectivity index (χ1v) is 21.9. The number of nitrogen functional groups attached to an aromatic ring is 1. The van der Waals surface area contributed by atoms with Crippen molar-refractivity contribution >= 4 is 25.0 Å². The van der Waals surface area contributed by atoms with Crippen LogP contribution in [0.2, 0.25) is 0 Å². The first-order valence-electron chi connectivity index (χ1n) is 20.4. The second kappa shape index (κ2) is 23.7. The fourth-order valence-corrected chi connectivity index (χ4v) is 7.79. The highest BCUT2D eigenvalue weighted by molar-refractivity contribution is 7.47. The number of phosphoric acid groups is 1. The molecule has 6 N–H and O–H groups in total. The zero-order valence-electron chi connectivity index (χ0n) is 33.1. The molecule has 1 aromatic carbocycles. The second-order valence-electron chi connectivity index (χ2n) is 14.7. The quantitative estimate of drug-likeness (QED) is 0.0342. The van der Waals surface area contributed by atoms with Crippen LogP contribution in [-0.2, 0) is 28.7 Å². The number of benzene rings is 1. The number of carboxylic acids is 1. The maximum absolute atomic E-state index is 13.0. The van der Waals surface area contributed by atoms with E-state index >= 15 is 0 Å². The highest BCUT2D eigenvalue weighted by Gasteiger charge is 2.58. The maximum Gasteiger partial charge on any atom is 0.472 e. The van der Waals surface area contributed by atoms with Crippen LogP contribution in [0.1, 0.15) is 126 Å². The van der Waals surface area contributed by atoms with Crippen molar-refractivity contribution < 1.29 is 52.8 Å². The first kappa shape index (κ1) is 46.1. The molecule has 1 unspecified atom stereocenters. The third kappa shape index (κ3) is 13.8. The summed E-state index contributed by atoms with van der Waals surface area (Å²) in [6, 6.07) is 12.5. The number of aromatic nitrogens is 2. The summed E-state index contributed by atoms with van der Waals surface area (Å²) in [4.78, 5) is 22.4. The Balaban J connectivity index is 1.21. The predicted molar refractivity (Wildman–Crippen MR) is 214 cm³/mol. The average Bonchev–Trinajstić information content (AvgIpc) is 3.75. The monoisotopic (exact) mass is 816 g/mol. The van der Waals surface area contributed by atoms with Gasteiger partial charge in [-0.05, 0) is 36.8 Å². The second-order valence-corrected chi connectivity index (χ2v) is 16.2. The van der Waals surface area contributed by atoms with Gasteiger partial charge in [-0.3, -0.25) is 9.05 Å². The van der Waals surface area contributed by atoms with Gasteiger partial charge >= 0.3 is 13.8 Å². The van der Waals surface area contributed by atoms with E-state index in [2.05, 4.69) is 12.0 Å². The number of para-hydroxylation sites is 1. The number of anilines is 1. The number of carboxylic acid groups (broad SMARTS) is 1. The Bertz CT molecular complexity index is 1750. The molecule has 2 aromatic heterocycles. The number of unbranched alkanes of at least 4 members (excludes halogenated alkanes) is 15. The van der Waals surface area contributed by atoms with Gasteiger partial charge in [-0.1, -0.05) is 115 Å². The van der Waals surface area contributed by atoms with E-state index in [4.69, 9.17) is 29.0 Å². The van der Waals surface area contributed by atoms with Crippen molar-refractivity contribution in [2.24, 2.45) is 0 Å². The fourth-order valence-electron chi connectivity index (χ4n) is 7.03. The molecule has 316 valence electrons. The summed E-state index contributed by atoms with van der Waals surface area (Å²) in [5.41, 5.74) is 4.68. The lowest BCUT2D eigenvalue weighted by molar-refractivity contribution is -0.0651. The van der Waals surface area contributed by atoms with Gasteiger partial charge in [-0.2, -0.15) is 10.4 Å². The van der Waals surface area contributed by atoms with E-state index in [1.165, 1.54) is 112 Å². The van der Waals surface area contributed by atoms with E-state index in [-0.39, 0.29) is 23.6 Å². The van der Waals surface area contributed by atoms with Gasteiger partial charge in [0, 0.05) is 12.8 Å². The number of carbonyl (C=O) groups is 1. The van der Waals surface area contributed by atoms with Crippen LogP contribution in [0.15, 0.2) is 48.7 Å². The molecular formula is C41H61N4O11P. The van der Waals surface area contributed by atoms with Gasteiger partial charge in [-0.15, -0.1) is 0 Å². The minimum Gasteiger partial charge on any atom is -0.485 e. The highest BCUT2D eigenvalue weighted by Crippen LogP contribution is 2.46. The van der Waals surface area contributed by atoms with Crippen molar-refractivity contribution in [2.75, 3.05) is 32.2 Å². The number of aliphatic hydroxyl groups excluding tert-OH is 2. The van der Waals surface area contributed by atoms with E-state index < -0.39 is 57.0 Å². The Morgan fingerprint density at radius 3 is 2.16 bits per heavy atom. The summed E-state index contributed by atoms with van der Waals surface area (Å²) >= 11 is 0. The minimum absolute atomic E-state index is 0.0248. The number of aliphatic hydroxyl groups is 2. The SMILES string of the molecule is CCCCCCCCCCCCCCCCCCOC[C@H](COP(=O)(O)OC[C@H]1O[C@@](C#N)(c2ccc3c(N)ccnn23)[C@H](O)[C@@H]1O)Oc1ccccc1C(=O)O. The van der Waals surface area contributed by atoms with Crippen LogP contribution < -0.4 is 10.5 Å². The summed E-state index contributed by atoms with van der Waals surface area (Å²) in [5, 5.41) is 45.8. The number of phosphoric ester groups is 1. The molecule has 1 aliphatic rings.